The van der Waals surface area contributed by atoms with Crippen LogP contribution in [0.2, 0.25) is 0 Å². The summed E-state index contributed by atoms with van der Waals surface area (Å²) >= 11 is 1.06. The molecule has 0 radical (unpaired) electrons. The largest absolute Gasteiger partial charge is 0.505 e. The van der Waals surface area contributed by atoms with Crippen molar-refractivity contribution in [3.63, 3.8) is 0 Å². The maximum Gasteiger partial charge on any atom is 0.350 e. The van der Waals surface area contributed by atoms with Gasteiger partial charge in [-0.15, -0.1) is 11.3 Å². The van der Waals surface area contributed by atoms with Crippen molar-refractivity contribution in [3.8, 4) is 5.75 Å². The van der Waals surface area contributed by atoms with Crippen molar-refractivity contribution in [1.29, 1.82) is 0 Å². The molecule has 1 rings (SSSR count). The minimum absolute atomic E-state index is 0.0737. The molecule has 4 nitrogen and oxygen atoms in total. The van der Waals surface area contributed by atoms with E-state index in [4.69, 9.17) is 10.8 Å². The van der Waals surface area contributed by atoms with Crippen LogP contribution in [0.15, 0.2) is 5.38 Å². The Labute approximate surface area is 67.2 Å². The molecule has 1 aromatic heterocycles. The van der Waals surface area contributed by atoms with Gasteiger partial charge < -0.3 is 15.6 Å². The third-order valence-corrected chi connectivity index (χ3v) is 2.14. The normalized spacial score (nSPS) is 9.55. The van der Waals surface area contributed by atoms with Crippen molar-refractivity contribution in [1.82, 2.24) is 0 Å². The summed E-state index contributed by atoms with van der Waals surface area (Å²) in [5, 5.41) is 10.4. The van der Waals surface area contributed by atoms with Crippen molar-refractivity contribution in [2.24, 2.45) is 0 Å². The lowest BCUT2D eigenvalue weighted by Gasteiger charge is -1.95. The monoisotopic (exact) mass is 173 g/mol. The fraction of sp³-hybridized carbons (Fsp3) is 0.167. The number of carbonyl (C=O) groups is 1. The zero-order valence-corrected chi connectivity index (χ0v) is 6.64. The molecule has 0 amide bonds. The van der Waals surface area contributed by atoms with Crippen LogP contribution in [0.4, 0.5) is 5.69 Å². The minimum Gasteiger partial charge on any atom is -0.505 e. The first-order valence-corrected chi connectivity index (χ1v) is 3.69. The van der Waals surface area contributed by atoms with Gasteiger partial charge in [-0.2, -0.15) is 0 Å². The standard InChI is InChI=1S/C6H7NO3S/c1-10-6(9)5-4(7)3(8)2-11-5/h2,8H,7H2,1H3. The van der Waals surface area contributed by atoms with E-state index >= 15 is 0 Å². The minimum atomic E-state index is -0.521. The molecule has 1 aromatic rings. The summed E-state index contributed by atoms with van der Waals surface area (Å²) in [7, 11) is 1.26. The van der Waals surface area contributed by atoms with Gasteiger partial charge in [-0.1, -0.05) is 0 Å². The van der Waals surface area contributed by atoms with E-state index in [-0.39, 0.29) is 16.3 Å². The van der Waals surface area contributed by atoms with Gasteiger partial charge >= 0.3 is 5.97 Å². The number of methoxy groups -OCH3 is 1. The molecule has 0 unspecified atom stereocenters. The Balaban J connectivity index is 3.04. The lowest BCUT2D eigenvalue weighted by molar-refractivity contribution is 0.0607. The summed E-state index contributed by atoms with van der Waals surface area (Å²) in [6.07, 6.45) is 0. The fourth-order valence-corrected chi connectivity index (χ4v) is 1.38. The number of aromatic hydroxyl groups is 1. The highest BCUT2D eigenvalue weighted by atomic mass is 32.1. The van der Waals surface area contributed by atoms with Crippen molar-refractivity contribution >= 4 is 23.0 Å². The number of esters is 1. The van der Waals surface area contributed by atoms with E-state index in [1.54, 1.807) is 0 Å². The molecule has 0 saturated heterocycles. The Kier molecular flexibility index (Phi) is 2.00. The molecule has 60 valence electrons. The number of hydrogen-bond donors (Lipinski definition) is 2. The predicted octanol–water partition coefficient (Wildman–Crippen LogP) is 0.823. The first-order valence-electron chi connectivity index (χ1n) is 2.81. The number of anilines is 1. The second-order valence-electron chi connectivity index (χ2n) is 1.86. The summed E-state index contributed by atoms with van der Waals surface area (Å²) in [4.78, 5) is 11.1. The molecular weight excluding hydrogens is 166 g/mol. The Bertz CT molecular complexity index is 281. The summed E-state index contributed by atoms with van der Waals surface area (Å²) in [5.41, 5.74) is 5.42. The van der Waals surface area contributed by atoms with Crippen LogP contribution in [0.3, 0.4) is 0 Å². The van der Waals surface area contributed by atoms with E-state index in [0.717, 1.165) is 11.3 Å². The molecule has 3 N–H and O–H groups in total. The molecule has 0 saturated carbocycles. The fourth-order valence-electron chi connectivity index (χ4n) is 0.609. The van der Waals surface area contributed by atoms with E-state index in [0.29, 0.717) is 0 Å². The van der Waals surface area contributed by atoms with Crippen molar-refractivity contribution < 1.29 is 14.6 Å². The average molecular weight is 173 g/mol. The molecule has 0 bridgehead atoms. The Morgan fingerprint density at radius 3 is 2.82 bits per heavy atom. The Morgan fingerprint density at radius 2 is 2.45 bits per heavy atom. The van der Waals surface area contributed by atoms with Gasteiger partial charge in [0.25, 0.3) is 0 Å². The summed E-state index contributed by atoms with van der Waals surface area (Å²) in [5.74, 6) is -0.594. The number of ether oxygens (including phenoxy) is 1. The average Bonchev–Trinajstić information content (AvgIpc) is 2.32. The van der Waals surface area contributed by atoms with Crippen LogP contribution < -0.4 is 5.73 Å². The van der Waals surface area contributed by atoms with Gasteiger partial charge in [0.15, 0.2) is 0 Å². The number of nitrogen functional groups attached to an aromatic ring is 1. The maximum absolute atomic E-state index is 10.8. The number of thiophene rings is 1. The highest BCUT2D eigenvalue weighted by molar-refractivity contribution is 7.13. The zero-order chi connectivity index (χ0) is 8.43. The lowest BCUT2D eigenvalue weighted by Crippen LogP contribution is -2.01. The van der Waals surface area contributed by atoms with Gasteiger partial charge in [-0.3, -0.25) is 0 Å². The molecule has 0 fully saturated rings. The van der Waals surface area contributed by atoms with Crippen molar-refractivity contribution in [2.45, 2.75) is 0 Å². The molecule has 0 atom stereocenters. The highest BCUT2D eigenvalue weighted by Gasteiger charge is 2.14. The topological polar surface area (TPSA) is 72.5 Å². The SMILES string of the molecule is COC(=O)c1scc(O)c1N. The molecule has 1 heterocycles. The lowest BCUT2D eigenvalue weighted by atomic mass is 10.4. The van der Waals surface area contributed by atoms with E-state index < -0.39 is 5.97 Å². The third-order valence-electron chi connectivity index (χ3n) is 1.18. The molecular formula is C6H7NO3S. The van der Waals surface area contributed by atoms with Crippen LogP contribution in [0, 0.1) is 0 Å². The van der Waals surface area contributed by atoms with Gasteiger partial charge in [0.2, 0.25) is 0 Å². The van der Waals surface area contributed by atoms with Crippen LogP contribution in [0.1, 0.15) is 9.67 Å². The molecule has 0 aliphatic carbocycles. The molecule has 5 heteroatoms. The summed E-state index contributed by atoms with van der Waals surface area (Å²) < 4.78 is 4.41. The van der Waals surface area contributed by atoms with Gasteiger partial charge in [-0.05, 0) is 0 Å². The maximum atomic E-state index is 10.8. The molecule has 0 aliphatic rings. The molecule has 0 aliphatic heterocycles. The van der Waals surface area contributed by atoms with Crippen LogP contribution in [-0.2, 0) is 4.74 Å². The van der Waals surface area contributed by atoms with Crippen LogP contribution in [0.25, 0.3) is 0 Å². The number of carbonyl (C=O) groups excluding carboxylic acids is 1. The third kappa shape index (κ3) is 1.27. The van der Waals surface area contributed by atoms with Gasteiger partial charge in [0.05, 0.1) is 12.8 Å². The van der Waals surface area contributed by atoms with Crippen molar-refractivity contribution in [3.05, 3.63) is 10.3 Å². The van der Waals surface area contributed by atoms with Gasteiger partial charge in [0.1, 0.15) is 10.6 Å². The van der Waals surface area contributed by atoms with E-state index in [9.17, 15) is 4.79 Å². The number of hydrogen-bond acceptors (Lipinski definition) is 5. The smallest absolute Gasteiger partial charge is 0.350 e. The molecule has 0 spiro atoms. The Morgan fingerprint density at radius 1 is 1.82 bits per heavy atom. The highest BCUT2D eigenvalue weighted by Crippen LogP contribution is 2.30. The first kappa shape index (κ1) is 7.87. The second-order valence-corrected chi connectivity index (χ2v) is 2.73. The van der Waals surface area contributed by atoms with E-state index in [1.165, 1.54) is 12.5 Å². The number of nitrogens with two attached hydrogens (primary N) is 1. The van der Waals surface area contributed by atoms with Crippen LogP contribution in [0.5, 0.6) is 5.75 Å². The molecule has 0 aromatic carbocycles. The predicted molar refractivity (Wildman–Crippen MR) is 41.7 cm³/mol. The zero-order valence-electron chi connectivity index (χ0n) is 5.83. The quantitative estimate of drug-likeness (QED) is 0.617. The Hall–Kier alpha value is -1.23. The van der Waals surface area contributed by atoms with Gasteiger partial charge in [0, 0.05) is 5.38 Å². The first-order chi connectivity index (χ1) is 5.16. The van der Waals surface area contributed by atoms with Crippen LogP contribution in [-0.4, -0.2) is 18.2 Å². The molecule has 11 heavy (non-hydrogen) atoms. The summed E-state index contributed by atoms with van der Waals surface area (Å²) in [6.45, 7) is 0. The second kappa shape index (κ2) is 2.79. The number of rotatable bonds is 1. The van der Waals surface area contributed by atoms with E-state index in [2.05, 4.69) is 4.74 Å². The van der Waals surface area contributed by atoms with Gasteiger partial charge in [-0.25, -0.2) is 4.79 Å². The van der Waals surface area contributed by atoms with Crippen LogP contribution >= 0.6 is 11.3 Å². The summed E-state index contributed by atoms with van der Waals surface area (Å²) in [6, 6.07) is 0. The van der Waals surface area contributed by atoms with E-state index in [1.807, 2.05) is 0 Å². The van der Waals surface area contributed by atoms with Crippen molar-refractivity contribution in [2.75, 3.05) is 12.8 Å².